The Morgan fingerprint density at radius 1 is 1.26 bits per heavy atom. The van der Waals surface area contributed by atoms with Gasteiger partial charge in [-0.3, -0.25) is 9.59 Å². The molecule has 1 aromatic rings. The fraction of sp³-hybridized carbons (Fsp3) is 0.467. The van der Waals surface area contributed by atoms with Crippen molar-refractivity contribution in [3.8, 4) is 0 Å². The van der Waals surface area contributed by atoms with E-state index >= 15 is 0 Å². The summed E-state index contributed by atoms with van der Waals surface area (Å²) in [6.07, 6.45) is 3.38. The van der Waals surface area contributed by atoms with Crippen molar-refractivity contribution in [1.82, 2.24) is 5.32 Å². The number of thioether (sulfide) groups is 1. The van der Waals surface area contributed by atoms with Crippen LogP contribution in [0.25, 0.3) is 0 Å². The Bertz CT molecular complexity index is 428. The smallest absolute Gasteiger partial charge is 0.216 e. The molecule has 0 aliphatic rings. The van der Waals surface area contributed by atoms with E-state index in [-0.39, 0.29) is 11.7 Å². The Hall–Kier alpha value is -1.29. The molecule has 1 amide bonds. The number of hydrogen-bond acceptors (Lipinski definition) is 3. The van der Waals surface area contributed by atoms with E-state index < -0.39 is 0 Å². The second-order valence-electron chi connectivity index (χ2n) is 4.60. The summed E-state index contributed by atoms with van der Waals surface area (Å²) >= 11 is 1.70. The standard InChI is InChI=1S/C15H21NO2S/c1-11(19-3)10-15(18)14-6-4-13(5-7-14)8-9-16-12(2)17/h4-7,11H,8-10H2,1-3H3,(H,16,17). The molecule has 1 rings (SSSR count). The Kier molecular flexibility index (Phi) is 6.64. The third-order valence-corrected chi connectivity index (χ3v) is 3.91. The molecule has 0 fully saturated rings. The van der Waals surface area contributed by atoms with Crippen molar-refractivity contribution in [2.45, 2.75) is 31.9 Å². The topological polar surface area (TPSA) is 46.2 Å². The second-order valence-corrected chi connectivity index (χ2v) is 5.88. The molecular weight excluding hydrogens is 258 g/mol. The molecule has 1 unspecified atom stereocenters. The highest BCUT2D eigenvalue weighted by atomic mass is 32.2. The van der Waals surface area contributed by atoms with Crippen molar-refractivity contribution in [1.29, 1.82) is 0 Å². The van der Waals surface area contributed by atoms with E-state index in [1.54, 1.807) is 11.8 Å². The van der Waals surface area contributed by atoms with Gasteiger partial charge in [0.15, 0.2) is 5.78 Å². The Morgan fingerprint density at radius 3 is 2.42 bits per heavy atom. The lowest BCUT2D eigenvalue weighted by Crippen LogP contribution is -2.22. The van der Waals surface area contributed by atoms with E-state index in [1.165, 1.54) is 6.92 Å². The molecule has 0 spiro atoms. The molecule has 0 aromatic heterocycles. The van der Waals surface area contributed by atoms with Crippen LogP contribution in [0, 0.1) is 0 Å². The van der Waals surface area contributed by atoms with Crippen molar-refractivity contribution in [2.75, 3.05) is 12.8 Å². The summed E-state index contributed by atoms with van der Waals surface area (Å²) in [4.78, 5) is 22.7. The SMILES string of the molecule is CSC(C)CC(=O)c1ccc(CCNC(C)=O)cc1. The number of carbonyl (C=O) groups excluding carboxylic acids is 2. The van der Waals surface area contributed by atoms with Crippen molar-refractivity contribution < 1.29 is 9.59 Å². The third-order valence-electron chi connectivity index (χ3n) is 2.94. The monoisotopic (exact) mass is 279 g/mol. The summed E-state index contributed by atoms with van der Waals surface area (Å²) in [5, 5.41) is 3.11. The van der Waals surface area contributed by atoms with Gasteiger partial charge in [-0.05, 0) is 18.2 Å². The zero-order valence-electron chi connectivity index (χ0n) is 11.7. The molecule has 19 heavy (non-hydrogen) atoms. The summed E-state index contributed by atoms with van der Waals surface area (Å²) in [6, 6.07) is 7.66. The van der Waals surface area contributed by atoms with Crippen LogP contribution in [0.2, 0.25) is 0 Å². The highest BCUT2D eigenvalue weighted by Gasteiger charge is 2.10. The highest BCUT2D eigenvalue weighted by Crippen LogP contribution is 2.14. The van der Waals surface area contributed by atoms with Gasteiger partial charge in [0.1, 0.15) is 0 Å². The quantitative estimate of drug-likeness (QED) is 0.781. The minimum Gasteiger partial charge on any atom is -0.356 e. The van der Waals surface area contributed by atoms with Gasteiger partial charge in [0.25, 0.3) is 0 Å². The third kappa shape index (κ3) is 5.92. The van der Waals surface area contributed by atoms with Crippen LogP contribution in [0.15, 0.2) is 24.3 Å². The Labute approximate surface area is 119 Å². The van der Waals surface area contributed by atoms with Gasteiger partial charge in [-0.25, -0.2) is 0 Å². The van der Waals surface area contributed by atoms with E-state index in [1.807, 2.05) is 30.5 Å². The first kappa shape index (κ1) is 15.8. The molecule has 0 aliphatic carbocycles. The lowest BCUT2D eigenvalue weighted by molar-refractivity contribution is -0.118. The minimum absolute atomic E-state index is 0.0159. The lowest BCUT2D eigenvalue weighted by Gasteiger charge is -2.08. The molecular formula is C15H21NO2S. The van der Waals surface area contributed by atoms with Crippen LogP contribution in [0.3, 0.4) is 0 Å². The average molecular weight is 279 g/mol. The van der Waals surface area contributed by atoms with Crippen molar-refractivity contribution in [3.05, 3.63) is 35.4 Å². The Balaban J connectivity index is 2.51. The zero-order chi connectivity index (χ0) is 14.3. The number of hydrogen-bond donors (Lipinski definition) is 1. The summed E-state index contributed by atoms with van der Waals surface area (Å²) in [7, 11) is 0. The van der Waals surface area contributed by atoms with E-state index in [0.717, 1.165) is 17.5 Å². The molecule has 0 aliphatic heterocycles. The first-order valence-electron chi connectivity index (χ1n) is 6.42. The largest absolute Gasteiger partial charge is 0.356 e. The summed E-state index contributed by atoms with van der Waals surface area (Å²) in [5.41, 5.74) is 1.90. The van der Waals surface area contributed by atoms with Crippen molar-refractivity contribution in [3.63, 3.8) is 0 Å². The predicted octanol–water partition coefficient (Wildman–Crippen LogP) is 2.69. The number of ketones is 1. The molecule has 0 radical (unpaired) electrons. The number of carbonyl (C=O) groups is 2. The van der Waals surface area contributed by atoms with Gasteiger partial charge in [-0.1, -0.05) is 31.2 Å². The molecule has 0 saturated carbocycles. The molecule has 4 heteroatoms. The van der Waals surface area contributed by atoms with Gasteiger partial charge >= 0.3 is 0 Å². The Morgan fingerprint density at radius 2 is 1.89 bits per heavy atom. The predicted molar refractivity (Wildman–Crippen MR) is 80.8 cm³/mol. The highest BCUT2D eigenvalue weighted by molar-refractivity contribution is 7.99. The second kappa shape index (κ2) is 8.00. The first-order chi connectivity index (χ1) is 9.02. The van der Waals surface area contributed by atoms with Crippen LogP contribution in [-0.4, -0.2) is 29.7 Å². The fourth-order valence-electron chi connectivity index (χ4n) is 1.70. The van der Waals surface area contributed by atoms with E-state index in [0.29, 0.717) is 18.2 Å². The van der Waals surface area contributed by atoms with Crippen LogP contribution >= 0.6 is 11.8 Å². The molecule has 0 saturated heterocycles. The summed E-state index contributed by atoms with van der Waals surface area (Å²) in [6.45, 7) is 4.20. The normalized spacial score (nSPS) is 11.9. The maximum Gasteiger partial charge on any atom is 0.216 e. The number of amides is 1. The van der Waals surface area contributed by atoms with Crippen LogP contribution < -0.4 is 5.32 Å². The van der Waals surface area contributed by atoms with Gasteiger partial charge in [0.2, 0.25) is 5.91 Å². The van der Waals surface area contributed by atoms with Gasteiger partial charge < -0.3 is 5.32 Å². The number of Topliss-reactive ketones (excluding diaryl/α,β-unsaturated/α-hetero) is 1. The van der Waals surface area contributed by atoms with Gasteiger partial charge in [0, 0.05) is 30.7 Å². The molecule has 104 valence electrons. The van der Waals surface area contributed by atoms with Crippen LogP contribution in [0.5, 0.6) is 0 Å². The summed E-state index contributed by atoms with van der Waals surface area (Å²) in [5.74, 6) is 0.174. The van der Waals surface area contributed by atoms with E-state index in [2.05, 4.69) is 12.2 Å². The molecule has 0 heterocycles. The molecule has 0 bridgehead atoms. The molecule has 3 nitrogen and oxygen atoms in total. The zero-order valence-corrected chi connectivity index (χ0v) is 12.5. The maximum atomic E-state index is 12.0. The number of rotatable bonds is 7. The van der Waals surface area contributed by atoms with Crippen molar-refractivity contribution in [2.24, 2.45) is 0 Å². The minimum atomic E-state index is -0.0159. The van der Waals surface area contributed by atoms with Crippen LogP contribution in [0.4, 0.5) is 0 Å². The number of benzene rings is 1. The summed E-state index contributed by atoms with van der Waals surface area (Å²) < 4.78 is 0. The fourth-order valence-corrected chi connectivity index (χ4v) is 2.02. The molecule has 1 N–H and O–H groups in total. The molecule has 1 atom stereocenters. The van der Waals surface area contributed by atoms with Crippen molar-refractivity contribution >= 4 is 23.5 Å². The molecule has 1 aromatic carbocycles. The lowest BCUT2D eigenvalue weighted by atomic mass is 10.0. The van der Waals surface area contributed by atoms with E-state index in [9.17, 15) is 9.59 Å². The van der Waals surface area contributed by atoms with Gasteiger partial charge in [0.05, 0.1) is 0 Å². The van der Waals surface area contributed by atoms with Crippen LogP contribution in [0.1, 0.15) is 36.2 Å². The van der Waals surface area contributed by atoms with Crippen LogP contribution in [-0.2, 0) is 11.2 Å². The first-order valence-corrected chi connectivity index (χ1v) is 7.71. The van der Waals surface area contributed by atoms with Gasteiger partial charge in [-0.2, -0.15) is 11.8 Å². The van der Waals surface area contributed by atoms with Gasteiger partial charge in [-0.15, -0.1) is 0 Å². The average Bonchev–Trinajstić information content (AvgIpc) is 2.38. The number of nitrogens with one attached hydrogen (secondary N) is 1. The van der Waals surface area contributed by atoms with E-state index in [4.69, 9.17) is 0 Å². The maximum absolute atomic E-state index is 12.0.